The number of methoxy groups -OCH3 is 1. The van der Waals surface area contributed by atoms with Gasteiger partial charge in [0.05, 0.1) is 12.3 Å². The Morgan fingerprint density at radius 2 is 2.00 bits per heavy atom. The molecule has 0 saturated heterocycles. The molecule has 6 heteroatoms. The average molecular weight is 298 g/mol. The van der Waals surface area contributed by atoms with E-state index in [-0.39, 0.29) is 0 Å². The van der Waals surface area contributed by atoms with Crippen molar-refractivity contribution in [3.63, 3.8) is 0 Å². The van der Waals surface area contributed by atoms with Crippen molar-refractivity contribution in [1.82, 2.24) is 19.7 Å². The number of nitrogens with one attached hydrogen (secondary N) is 1. The van der Waals surface area contributed by atoms with E-state index < -0.39 is 0 Å². The molecule has 1 aromatic carbocycles. The lowest BCUT2D eigenvalue weighted by molar-refractivity contribution is 0.185. The van der Waals surface area contributed by atoms with Crippen LogP contribution in [0.3, 0.4) is 0 Å². The van der Waals surface area contributed by atoms with Gasteiger partial charge in [0, 0.05) is 18.9 Å². The van der Waals surface area contributed by atoms with Crippen molar-refractivity contribution in [3.8, 4) is 17.2 Å². The van der Waals surface area contributed by atoms with Crippen molar-refractivity contribution >= 4 is 12.2 Å². The van der Waals surface area contributed by atoms with Crippen LogP contribution in [0.4, 0.5) is 0 Å². The maximum absolute atomic E-state index is 5.37. The standard InChI is InChI=1S/C15H14N4OS/c1-20-10-11-6-2-3-8-13(11)19-14(17-18-15(19)21)12-7-4-5-9-16-12/h2-9H,10H2,1H3,(H,18,21). The first kappa shape index (κ1) is 13.7. The van der Waals surface area contributed by atoms with E-state index >= 15 is 0 Å². The molecule has 0 unspecified atom stereocenters. The Kier molecular flexibility index (Phi) is 3.89. The fourth-order valence-electron chi connectivity index (χ4n) is 2.19. The molecular weight excluding hydrogens is 284 g/mol. The molecule has 5 nitrogen and oxygen atoms in total. The van der Waals surface area contributed by atoms with Gasteiger partial charge in [-0.2, -0.15) is 5.10 Å². The van der Waals surface area contributed by atoms with Crippen LogP contribution < -0.4 is 0 Å². The fraction of sp³-hybridized carbons (Fsp3) is 0.133. The lowest BCUT2D eigenvalue weighted by Crippen LogP contribution is -2.03. The summed E-state index contributed by atoms with van der Waals surface area (Å²) in [6, 6.07) is 13.6. The topological polar surface area (TPSA) is 55.7 Å². The molecular formula is C15H14N4OS. The maximum atomic E-state index is 5.37. The van der Waals surface area contributed by atoms with Crippen LogP contribution in [0.2, 0.25) is 0 Å². The van der Waals surface area contributed by atoms with Crippen molar-refractivity contribution in [2.75, 3.05) is 7.11 Å². The molecule has 0 radical (unpaired) electrons. The molecule has 2 heterocycles. The highest BCUT2D eigenvalue weighted by Gasteiger charge is 2.14. The SMILES string of the molecule is COCc1ccccc1-n1c(-c2ccccn2)n[nH]c1=S. The summed E-state index contributed by atoms with van der Waals surface area (Å²) in [6.45, 7) is 0.505. The Balaban J connectivity index is 2.20. The monoisotopic (exact) mass is 298 g/mol. The van der Waals surface area contributed by atoms with Gasteiger partial charge in [-0.1, -0.05) is 24.3 Å². The minimum atomic E-state index is 0.505. The number of hydrogen-bond donors (Lipinski definition) is 1. The Hall–Kier alpha value is -2.31. The molecule has 0 amide bonds. The summed E-state index contributed by atoms with van der Waals surface area (Å²) in [5.41, 5.74) is 2.74. The number of para-hydroxylation sites is 1. The number of pyridine rings is 1. The van der Waals surface area contributed by atoms with Gasteiger partial charge in [0.2, 0.25) is 0 Å². The number of nitrogens with zero attached hydrogens (tertiary/aromatic N) is 3. The van der Waals surface area contributed by atoms with Gasteiger partial charge in [-0.15, -0.1) is 0 Å². The highest BCUT2D eigenvalue weighted by atomic mass is 32.1. The van der Waals surface area contributed by atoms with E-state index in [4.69, 9.17) is 17.0 Å². The van der Waals surface area contributed by atoms with E-state index in [0.29, 0.717) is 17.2 Å². The van der Waals surface area contributed by atoms with Gasteiger partial charge < -0.3 is 4.74 Å². The van der Waals surface area contributed by atoms with Gasteiger partial charge in [-0.3, -0.25) is 14.6 Å². The second kappa shape index (κ2) is 5.99. The molecule has 0 spiro atoms. The quantitative estimate of drug-likeness (QED) is 0.752. The predicted octanol–water partition coefficient (Wildman–Crippen LogP) is 3.14. The summed E-state index contributed by atoms with van der Waals surface area (Å²) in [5.74, 6) is 0.684. The summed E-state index contributed by atoms with van der Waals surface area (Å²) in [7, 11) is 1.67. The van der Waals surface area contributed by atoms with Crippen LogP contribution in [0, 0.1) is 4.77 Å². The van der Waals surface area contributed by atoms with Gasteiger partial charge in [-0.25, -0.2) is 0 Å². The van der Waals surface area contributed by atoms with Crippen molar-refractivity contribution in [1.29, 1.82) is 0 Å². The second-order valence-electron chi connectivity index (χ2n) is 4.46. The molecule has 106 valence electrons. The molecule has 3 rings (SSSR count). The van der Waals surface area contributed by atoms with Crippen LogP contribution in [-0.4, -0.2) is 26.9 Å². The third kappa shape index (κ3) is 2.63. The minimum absolute atomic E-state index is 0.505. The molecule has 0 fully saturated rings. The summed E-state index contributed by atoms with van der Waals surface area (Å²) < 4.78 is 7.67. The van der Waals surface area contributed by atoms with Crippen molar-refractivity contribution in [2.24, 2.45) is 0 Å². The first-order valence-corrected chi connectivity index (χ1v) is 6.88. The van der Waals surface area contributed by atoms with Gasteiger partial charge in [0.25, 0.3) is 0 Å². The normalized spacial score (nSPS) is 10.7. The van der Waals surface area contributed by atoms with E-state index in [9.17, 15) is 0 Å². The van der Waals surface area contributed by atoms with Crippen LogP contribution in [0.5, 0.6) is 0 Å². The third-order valence-corrected chi connectivity index (χ3v) is 3.37. The van der Waals surface area contributed by atoms with Gasteiger partial charge in [0.15, 0.2) is 10.6 Å². The lowest BCUT2D eigenvalue weighted by atomic mass is 10.2. The molecule has 0 aliphatic rings. The number of ether oxygens (including phenoxy) is 1. The zero-order valence-corrected chi connectivity index (χ0v) is 12.3. The first-order valence-electron chi connectivity index (χ1n) is 6.47. The Morgan fingerprint density at radius 1 is 1.19 bits per heavy atom. The zero-order valence-electron chi connectivity index (χ0n) is 11.5. The summed E-state index contributed by atoms with van der Waals surface area (Å²) in [4.78, 5) is 4.34. The maximum Gasteiger partial charge on any atom is 0.200 e. The molecule has 0 aliphatic heterocycles. The molecule has 3 aromatic rings. The van der Waals surface area contributed by atoms with E-state index in [2.05, 4.69) is 15.2 Å². The minimum Gasteiger partial charge on any atom is -0.380 e. The number of benzene rings is 1. The van der Waals surface area contributed by atoms with Crippen molar-refractivity contribution in [2.45, 2.75) is 6.61 Å². The highest BCUT2D eigenvalue weighted by Crippen LogP contribution is 2.22. The fourth-order valence-corrected chi connectivity index (χ4v) is 2.42. The van der Waals surface area contributed by atoms with E-state index in [0.717, 1.165) is 16.9 Å². The van der Waals surface area contributed by atoms with Crippen LogP contribution in [-0.2, 0) is 11.3 Å². The molecule has 0 atom stereocenters. The molecule has 1 N–H and O–H groups in total. The van der Waals surface area contributed by atoms with Crippen molar-refractivity contribution < 1.29 is 4.74 Å². The molecule has 2 aromatic heterocycles. The van der Waals surface area contributed by atoms with E-state index in [1.165, 1.54) is 0 Å². The molecule has 0 bridgehead atoms. The van der Waals surface area contributed by atoms with Crippen LogP contribution in [0.25, 0.3) is 17.2 Å². The van der Waals surface area contributed by atoms with Gasteiger partial charge >= 0.3 is 0 Å². The van der Waals surface area contributed by atoms with Crippen LogP contribution in [0.1, 0.15) is 5.56 Å². The number of hydrogen-bond acceptors (Lipinski definition) is 4. The molecule has 0 saturated carbocycles. The predicted molar refractivity (Wildman–Crippen MR) is 82.7 cm³/mol. The summed E-state index contributed by atoms with van der Waals surface area (Å²) in [6.07, 6.45) is 1.73. The highest BCUT2D eigenvalue weighted by molar-refractivity contribution is 7.71. The lowest BCUT2D eigenvalue weighted by Gasteiger charge is -2.11. The first-order chi connectivity index (χ1) is 10.3. The smallest absolute Gasteiger partial charge is 0.200 e. The summed E-state index contributed by atoms with van der Waals surface area (Å²) in [5, 5.41) is 7.14. The van der Waals surface area contributed by atoms with Crippen LogP contribution in [0.15, 0.2) is 48.7 Å². The number of aromatic amines is 1. The number of rotatable bonds is 4. The third-order valence-electron chi connectivity index (χ3n) is 3.10. The van der Waals surface area contributed by atoms with E-state index in [1.54, 1.807) is 13.3 Å². The van der Waals surface area contributed by atoms with E-state index in [1.807, 2.05) is 47.0 Å². The average Bonchev–Trinajstić information content (AvgIpc) is 2.91. The number of aromatic nitrogens is 4. The summed E-state index contributed by atoms with van der Waals surface area (Å²) >= 11 is 5.37. The molecule has 0 aliphatic carbocycles. The Morgan fingerprint density at radius 3 is 2.76 bits per heavy atom. The van der Waals surface area contributed by atoms with Gasteiger partial charge in [0.1, 0.15) is 5.69 Å². The van der Waals surface area contributed by atoms with Crippen LogP contribution >= 0.6 is 12.2 Å². The zero-order chi connectivity index (χ0) is 14.7. The Bertz CT molecular complexity index is 795. The number of H-pyrrole nitrogens is 1. The second-order valence-corrected chi connectivity index (χ2v) is 4.85. The van der Waals surface area contributed by atoms with Crippen molar-refractivity contribution in [3.05, 3.63) is 59.0 Å². The molecule has 21 heavy (non-hydrogen) atoms. The Labute approximate surface area is 127 Å². The van der Waals surface area contributed by atoms with Gasteiger partial charge in [-0.05, 0) is 30.4 Å². The largest absolute Gasteiger partial charge is 0.380 e.